The minimum Gasteiger partial charge on any atom is -0.494 e. The van der Waals surface area contributed by atoms with Gasteiger partial charge < -0.3 is 19.5 Å². The Morgan fingerprint density at radius 1 is 1.04 bits per heavy atom. The number of carbonyl (C=O) groups is 1. The molecular weight excluding hydrogens is 667 g/mol. The van der Waals surface area contributed by atoms with Crippen molar-refractivity contribution in [3.8, 4) is 28.6 Å². The molecule has 0 aliphatic rings. The predicted molar refractivity (Wildman–Crippen MR) is 186 cm³/mol. The fourth-order valence-corrected chi connectivity index (χ4v) is 5.42. The van der Waals surface area contributed by atoms with Gasteiger partial charge in [-0.15, -0.1) is 0 Å². The zero-order valence-corrected chi connectivity index (χ0v) is 28.2. The maximum atomic E-state index is 13.9. The zero-order chi connectivity index (χ0) is 33.7. The van der Waals surface area contributed by atoms with Crippen LogP contribution in [0.5, 0.6) is 17.2 Å². The number of aromatic nitrogens is 2. The van der Waals surface area contributed by atoms with Crippen LogP contribution >= 0.6 is 15.9 Å². The molecule has 1 amide bonds. The van der Waals surface area contributed by atoms with Gasteiger partial charge >= 0.3 is 0 Å². The molecule has 11 heteroatoms. The average molecular weight is 702 g/mol. The highest BCUT2D eigenvalue weighted by Gasteiger charge is 2.19. The number of methoxy groups -OCH3 is 1. The number of halogens is 2. The van der Waals surface area contributed by atoms with Gasteiger partial charge in [-0.3, -0.25) is 9.59 Å². The number of nitrogens with zero attached hydrogens (tertiary/aromatic N) is 3. The average Bonchev–Trinajstić information content (AvgIpc) is 3.05. The Morgan fingerprint density at radius 2 is 1.79 bits per heavy atom. The van der Waals surface area contributed by atoms with Crippen molar-refractivity contribution in [1.82, 2.24) is 9.66 Å². The van der Waals surface area contributed by atoms with Crippen molar-refractivity contribution in [3.63, 3.8) is 0 Å². The van der Waals surface area contributed by atoms with E-state index in [9.17, 15) is 14.0 Å². The summed E-state index contributed by atoms with van der Waals surface area (Å²) in [4.78, 5) is 31.2. The standard InChI is InChI=1S/C36H34BrFN4O5/c1-6-46-31-15-22(4)28(17-27(31)21(2)3)35-41-30-10-8-7-9-26(30)36(44)42(35)39-19-23-16-32(45-5)33(18-29(23)37)47-20-34(43)40-25-13-11-24(38)12-14-25/h7-19,21H,6,20H2,1-5H3,(H,40,43). The van der Waals surface area contributed by atoms with Crippen LogP contribution in [-0.2, 0) is 4.79 Å². The van der Waals surface area contributed by atoms with Crippen molar-refractivity contribution in [1.29, 1.82) is 0 Å². The quantitative estimate of drug-likeness (QED) is 0.142. The third-order valence-corrected chi connectivity index (χ3v) is 8.04. The number of hydrogen-bond acceptors (Lipinski definition) is 7. The molecule has 1 heterocycles. The predicted octanol–water partition coefficient (Wildman–Crippen LogP) is 7.70. The highest BCUT2D eigenvalue weighted by atomic mass is 79.9. The lowest BCUT2D eigenvalue weighted by molar-refractivity contribution is -0.118. The number of ether oxygens (including phenoxy) is 3. The maximum Gasteiger partial charge on any atom is 0.282 e. The minimum atomic E-state index is -0.429. The van der Waals surface area contributed by atoms with Crippen LogP contribution in [0.3, 0.4) is 0 Å². The van der Waals surface area contributed by atoms with Crippen molar-refractivity contribution in [3.05, 3.63) is 110 Å². The molecule has 4 aromatic carbocycles. The van der Waals surface area contributed by atoms with Gasteiger partial charge in [0.1, 0.15) is 11.6 Å². The summed E-state index contributed by atoms with van der Waals surface area (Å²) in [7, 11) is 1.48. The van der Waals surface area contributed by atoms with Gasteiger partial charge in [0, 0.05) is 21.3 Å². The number of nitrogens with one attached hydrogen (secondary N) is 1. The van der Waals surface area contributed by atoms with Crippen LogP contribution in [0.2, 0.25) is 0 Å². The molecule has 242 valence electrons. The monoisotopic (exact) mass is 700 g/mol. The van der Waals surface area contributed by atoms with E-state index < -0.39 is 11.7 Å². The molecule has 0 saturated heterocycles. The summed E-state index contributed by atoms with van der Waals surface area (Å²) in [6.07, 6.45) is 1.53. The number of benzene rings is 4. The summed E-state index contributed by atoms with van der Waals surface area (Å²) in [6, 6.07) is 19.9. The summed E-state index contributed by atoms with van der Waals surface area (Å²) in [5.41, 5.74) is 3.91. The van der Waals surface area contributed by atoms with E-state index in [-0.39, 0.29) is 18.1 Å². The Balaban J connectivity index is 1.50. The second kappa shape index (κ2) is 14.6. The van der Waals surface area contributed by atoms with Crippen LogP contribution in [0.15, 0.2) is 87.2 Å². The molecule has 5 aromatic rings. The number of carbonyl (C=O) groups excluding carboxylic acids is 1. The van der Waals surface area contributed by atoms with Crippen molar-refractivity contribution < 1.29 is 23.4 Å². The lowest BCUT2D eigenvalue weighted by Gasteiger charge is -2.18. The zero-order valence-electron chi connectivity index (χ0n) is 26.6. The molecule has 1 aromatic heterocycles. The number of hydrogen-bond donors (Lipinski definition) is 1. The number of rotatable bonds is 11. The van der Waals surface area contributed by atoms with E-state index >= 15 is 0 Å². The van der Waals surface area contributed by atoms with Crippen LogP contribution in [-0.4, -0.2) is 42.1 Å². The molecular formula is C36H34BrFN4O5. The molecule has 0 fully saturated rings. The first kappa shape index (κ1) is 33.3. The summed E-state index contributed by atoms with van der Waals surface area (Å²) in [5, 5.41) is 7.72. The van der Waals surface area contributed by atoms with Crippen molar-refractivity contribution in [2.45, 2.75) is 33.6 Å². The maximum absolute atomic E-state index is 13.9. The van der Waals surface area contributed by atoms with Gasteiger partial charge in [0.05, 0.1) is 30.8 Å². The fourth-order valence-electron chi connectivity index (χ4n) is 4.99. The third-order valence-electron chi connectivity index (χ3n) is 7.36. The van der Waals surface area contributed by atoms with Gasteiger partial charge in [0.2, 0.25) is 0 Å². The van der Waals surface area contributed by atoms with Gasteiger partial charge in [-0.1, -0.05) is 26.0 Å². The first-order chi connectivity index (χ1) is 22.6. The Morgan fingerprint density at radius 3 is 2.49 bits per heavy atom. The van der Waals surface area contributed by atoms with Crippen LogP contribution in [0.25, 0.3) is 22.3 Å². The second-order valence-corrected chi connectivity index (χ2v) is 11.8. The van der Waals surface area contributed by atoms with E-state index in [1.54, 1.807) is 24.3 Å². The van der Waals surface area contributed by atoms with E-state index in [0.717, 1.165) is 22.4 Å². The lowest BCUT2D eigenvalue weighted by Crippen LogP contribution is -2.21. The Kier molecular flexibility index (Phi) is 10.4. The summed E-state index contributed by atoms with van der Waals surface area (Å²) in [6.45, 7) is 8.31. The van der Waals surface area contributed by atoms with Crippen LogP contribution in [0.1, 0.15) is 43.4 Å². The summed E-state index contributed by atoms with van der Waals surface area (Å²) < 4.78 is 32.3. The van der Waals surface area contributed by atoms with Crippen molar-refractivity contribution >= 4 is 44.6 Å². The molecule has 9 nitrogen and oxygen atoms in total. The topological polar surface area (TPSA) is 104 Å². The second-order valence-electron chi connectivity index (χ2n) is 11.0. The SMILES string of the molecule is CCOc1cc(C)c(-c2nc3ccccc3c(=O)n2N=Cc2cc(OC)c(OCC(=O)Nc3ccc(F)cc3)cc2Br)cc1C(C)C. The molecule has 0 radical (unpaired) electrons. The first-order valence-electron chi connectivity index (χ1n) is 15.0. The molecule has 0 aliphatic carbocycles. The molecule has 47 heavy (non-hydrogen) atoms. The smallest absolute Gasteiger partial charge is 0.282 e. The van der Waals surface area contributed by atoms with Gasteiger partial charge in [-0.25, -0.2) is 9.37 Å². The van der Waals surface area contributed by atoms with Crippen molar-refractivity contribution in [2.24, 2.45) is 5.10 Å². The molecule has 0 unspecified atom stereocenters. The van der Waals surface area contributed by atoms with E-state index in [2.05, 4.69) is 40.2 Å². The largest absolute Gasteiger partial charge is 0.494 e. The van der Waals surface area contributed by atoms with Crippen LogP contribution in [0, 0.1) is 12.7 Å². The number of para-hydroxylation sites is 1. The number of amides is 1. The molecule has 0 atom stereocenters. The Bertz CT molecular complexity index is 2030. The molecule has 0 saturated carbocycles. The lowest BCUT2D eigenvalue weighted by atomic mass is 9.96. The molecule has 0 spiro atoms. The van der Waals surface area contributed by atoms with Gasteiger partial charge in [-0.2, -0.15) is 9.78 Å². The minimum absolute atomic E-state index is 0.165. The fraction of sp³-hybridized carbons (Fsp3) is 0.222. The highest BCUT2D eigenvalue weighted by molar-refractivity contribution is 9.10. The van der Waals surface area contributed by atoms with E-state index in [0.29, 0.717) is 50.6 Å². The van der Waals surface area contributed by atoms with Gasteiger partial charge in [0.25, 0.3) is 11.5 Å². The molecule has 0 aliphatic heterocycles. The Hall–Kier alpha value is -5.03. The van der Waals surface area contributed by atoms with E-state index in [4.69, 9.17) is 19.2 Å². The van der Waals surface area contributed by atoms with Crippen LogP contribution in [0.4, 0.5) is 10.1 Å². The van der Waals surface area contributed by atoms with Gasteiger partial charge in [-0.05, 0) is 107 Å². The normalized spacial score (nSPS) is 11.3. The summed E-state index contributed by atoms with van der Waals surface area (Å²) in [5.74, 6) is 1.18. The molecule has 5 rings (SSSR count). The Labute approximate surface area is 280 Å². The first-order valence-corrected chi connectivity index (χ1v) is 15.8. The van der Waals surface area contributed by atoms with Crippen LogP contribution < -0.4 is 25.1 Å². The van der Waals surface area contributed by atoms with E-state index in [1.807, 2.05) is 38.1 Å². The number of fused-ring (bicyclic) bond motifs is 1. The summed E-state index contributed by atoms with van der Waals surface area (Å²) >= 11 is 3.55. The highest BCUT2D eigenvalue weighted by Crippen LogP contribution is 2.35. The number of aryl methyl sites for hydroxylation is 1. The third kappa shape index (κ3) is 7.52. The van der Waals surface area contributed by atoms with Gasteiger partial charge in [0.15, 0.2) is 23.9 Å². The van der Waals surface area contributed by atoms with Crippen molar-refractivity contribution in [2.75, 3.05) is 25.6 Å². The van der Waals surface area contributed by atoms with E-state index in [1.165, 1.54) is 42.3 Å². The molecule has 1 N–H and O–H groups in total. The molecule has 0 bridgehead atoms. The number of anilines is 1.